The van der Waals surface area contributed by atoms with Gasteiger partial charge in [-0.25, -0.2) is 0 Å². The summed E-state index contributed by atoms with van der Waals surface area (Å²) in [7, 11) is 0. The molecule has 208 valence electrons. The van der Waals surface area contributed by atoms with Gasteiger partial charge in [-0.15, -0.1) is 0 Å². The highest BCUT2D eigenvalue weighted by molar-refractivity contribution is 6.34. The first-order chi connectivity index (χ1) is 19.2. The lowest BCUT2D eigenvalue weighted by Crippen LogP contribution is -2.56. The zero-order valence-electron chi connectivity index (χ0n) is 22.5. The molecule has 2 aromatic carbocycles. The van der Waals surface area contributed by atoms with Crippen LogP contribution in [0.1, 0.15) is 18.9 Å². The van der Waals surface area contributed by atoms with Gasteiger partial charge in [0.15, 0.2) is 0 Å². The number of carbonyl (C=O) groups is 3. The number of aliphatic hydroxyl groups is 1. The molecule has 2 fully saturated rings. The Hall–Kier alpha value is -3.46. The van der Waals surface area contributed by atoms with E-state index < -0.39 is 29.1 Å². The van der Waals surface area contributed by atoms with Crippen molar-refractivity contribution in [2.75, 3.05) is 36.0 Å². The molecule has 1 spiro atoms. The Bertz CT molecular complexity index is 1410. The number of aryl methyl sites for hydroxylation is 1. The van der Waals surface area contributed by atoms with Crippen molar-refractivity contribution in [3.05, 3.63) is 83.4 Å². The summed E-state index contributed by atoms with van der Waals surface area (Å²) in [6, 6.07) is 13.8. The molecule has 4 aliphatic heterocycles. The SMILES string of the molecule is Cc1cccc(Cl)c1N1CC=C[C@]23O[C@@]4(C)C=CCN(c5ccccc5)C(=O)[C@H]4[C@H]2C(=O)N(CCCO)C3C1=O. The van der Waals surface area contributed by atoms with Crippen LogP contribution in [0.15, 0.2) is 72.8 Å². The monoisotopic (exact) mass is 561 g/mol. The van der Waals surface area contributed by atoms with E-state index in [-0.39, 0.29) is 37.4 Å². The molecule has 5 atom stereocenters. The van der Waals surface area contributed by atoms with Gasteiger partial charge in [-0.1, -0.05) is 66.2 Å². The maximum atomic E-state index is 14.5. The van der Waals surface area contributed by atoms with E-state index in [0.717, 1.165) is 11.3 Å². The highest BCUT2D eigenvalue weighted by Gasteiger charge is 2.74. The van der Waals surface area contributed by atoms with Crippen LogP contribution >= 0.6 is 11.6 Å². The maximum Gasteiger partial charge on any atom is 0.253 e. The van der Waals surface area contributed by atoms with E-state index >= 15 is 0 Å². The van der Waals surface area contributed by atoms with E-state index in [1.807, 2.05) is 80.6 Å². The summed E-state index contributed by atoms with van der Waals surface area (Å²) in [5, 5.41) is 10.1. The maximum absolute atomic E-state index is 14.5. The minimum atomic E-state index is -1.37. The van der Waals surface area contributed by atoms with Crippen LogP contribution in [0.5, 0.6) is 0 Å². The number of likely N-dealkylation sites (tertiary alicyclic amines) is 1. The molecule has 0 aliphatic carbocycles. The fourth-order valence-electron chi connectivity index (χ4n) is 7.01. The van der Waals surface area contributed by atoms with Crippen LogP contribution in [-0.4, -0.2) is 71.2 Å². The van der Waals surface area contributed by atoms with Gasteiger partial charge in [0, 0.05) is 31.9 Å². The van der Waals surface area contributed by atoms with Gasteiger partial charge in [0.25, 0.3) is 5.91 Å². The molecule has 0 aromatic heterocycles. The number of aliphatic hydroxyl groups excluding tert-OH is 1. The minimum Gasteiger partial charge on any atom is -0.396 e. The van der Waals surface area contributed by atoms with Crippen LogP contribution in [0.2, 0.25) is 5.02 Å². The molecule has 1 N–H and O–H groups in total. The molecular weight excluding hydrogens is 530 g/mol. The number of halogens is 1. The van der Waals surface area contributed by atoms with Crippen LogP contribution in [0, 0.1) is 18.8 Å². The second-order valence-electron chi connectivity index (χ2n) is 11.0. The number of ether oxygens (including phenoxy) is 1. The van der Waals surface area contributed by atoms with Crippen LogP contribution < -0.4 is 9.80 Å². The smallest absolute Gasteiger partial charge is 0.253 e. The Balaban J connectivity index is 1.48. The number of hydrogen-bond donors (Lipinski definition) is 1. The van der Waals surface area contributed by atoms with Crippen molar-refractivity contribution in [3.8, 4) is 0 Å². The Kier molecular flexibility index (Phi) is 6.60. The molecule has 0 bridgehead atoms. The van der Waals surface area contributed by atoms with E-state index in [0.29, 0.717) is 23.7 Å². The molecule has 6 rings (SSSR count). The van der Waals surface area contributed by atoms with Gasteiger partial charge in [-0.2, -0.15) is 0 Å². The molecule has 0 radical (unpaired) electrons. The van der Waals surface area contributed by atoms with E-state index in [4.69, 9.17) is 16.3 Å². The third-order valence-electron chi connectivity index (χ3n) is 8.64. The molecular formula is C31H32ClN3O5. The van der Waals surface area contributed by atoms with Gasteiger partial charge in [0.1, 0.15) is 11.6 Å². The average molecular weight is 562 g/mol. The minimum absolute atomic E-state index is 0.142. The largest absolute Gasteiger partial charge is 0.396 e. The van der Waals surface area contributed by atoms with E-state index in [9.17, 15) is 19.5 Å². The molecule has 4 aliphatic rings. The van der Waals surface area contributed by atoms with E-state index in [1.165, 1.54) is 4.90 Å². The second-order valence-corrected chi connectivity index (χ2v) is 11.5. The molecule has 3 amide bonds. The van der Waals surface area contributed by atoms with Crippen molar-refractivity contribution in [3.63, 3.8) is 0 Å². The third kappa shape index (κ3) is 3.84. The summed E-state index contributed by atoms with van der Waals surface area (Å²) >= 11 is 6.59. The average Bonchev–Trinajstić information content (AvgIpc) is 3.20. The molecule has 0 saturated carbocycles. The van der Waals surface area contributed by atoms with Crippen molar-refractivity contribution in [2.45, 2.75) is 37.5 Å². The summed E-state index contributed by atoms with van der Waals surface area (Å²) in [6.45, 7) is 4.32. The van der Waals surface area contributed by atoms with Crippen LogP contribution in [-0.2, 0) is 19.1 Å². The zero-order valence-corrected chi connectivity index (χ0v) is 23.3. The summed E-state index contributed by atoms with van der Waals surface area (Å²) in [4.78, 5) is 47.9. The number of hydrogen-bond acceptors (Lipinski definition) is 5. The Morgan fingerprint density at radius 2 is 1.65 bits per heavy atom. The highest BCUT2D eigenvalue weighted by atomic mass is 35.5. The van der Waals surface area contributed by atoms with Crippen LogP contribution in [0.4, 0.5) is 11.4 Å². The topological polar surface area (TPSA) is 90.4 Å². The predicted molar refractivity (Wildman–Crippen MR) is 152 cm³/mol. The van der Waals surface area contributed by atoms with Gasteiger partial charge >= 0.3 is 0 Å². The first-order valence-electron chi connectivity index (χ1n) is 13.6. The van der Waals surface area contributed by atoms with Crippen molar-refractivity contribution < 1.29 is 24.2 Å². The first-order valence-corrected chi connectivity index (χ1v) is 14.0. The predicted octanol–water partition coefficient (Wildman–Crippen LogP) is 3.51. The summed E-state index contributed by atoms with van der Waals surface area (Å²) < 4.78 is 6.85. The normalized spacial score (nSPS) is 31.2. The van der Waals surface area contributed by atoms with Crippen LogP contribution in [0.3, 0.4) is 0 Å². The van der Waals surface area contributed by atoms with Crippen LogP contribution in [0.25, 0.3) is 0 Å². The fourth-order valence-corrected chi connectivity index (χ4v) is 7.33. The zero-order chi connectivity index (χ0) is 28.2. The lowest BCUT2D eigenvalue weighted by atomic mass is 9.74. The summed E-state index contributed by atoms with van der Waals surface area (Å²) in [5.74, 6) is -2.65. The number of anilines is 2. The fraction of sp³-hybridized carbons (Fsp3) is 0.387. The van der Waals surface area contributed by atoms with Gasteiger partial charge in [0.2, 0.25) is 11.8 Å². The molecule has 9 heteroatoms. The summed E-state index contributed by atoms with van der Waals surface area (Å²) in [5.41, 5.74) is -0.337. The molecule has 2 aromatic rings. The molecule has 8 nitrogen and oxygen atoms in total. The first kappa shape index (κ1) is 26.7. The standard InChI is InChI=1S/C31H32ClN3O5/c1-20-10-6-13-22(32)25(20)34-17-8-15-31-24(28(38)35(18-9-19-36)26(31)29(34)39)23-27(37)33(21-11-4-3-5-12-21)16-7-14-30(23,2)40-31/h3-8,10-15,23-24,26,36H,9,16-19H2,1-2H3/t23-,24+,26?,30+,31+/m1/s1. The second kappa shape index (κ2) is 9.87. The Morgan fingerprint density at radius 3 is 2.38 bits per heavy atom. The highest BCUT2D eigenvalue weighted by Crippen LogP contribution is 2.58. The Labute approximate surface area is 238 Å². The van der Waals surface area contributed by atoms with Crippen molar-refractivity contribution in [2.24, 2.45) is 11.8 Å². The van der Waals surface area contributed by atoms with Gasteiger partial charge < -0.3 is 24.5 Å². The number of nitrogens with zero attached hydrogens (tertiary/aromatic N) is 3. The van der Waals surface area contributed by atoms with Crippen molar-refractivity contribution in [1.82, 2.24) is 4.90 Å². The summed E-state index contributed by atoms with van der Waals surface area (Å²) in [6.07, 6.45) is 7.71. The number of fused-ring (bicyclic) bond motifs is 2. The van der Waals surface area contributed by atoms with E-state index in [1.54, 1.807) is 15.9 Å². The van der Waals surface area contributed by atoms with Gasteiger partial charge in [0.05, 0.1) is 28.1 Å². The van der Waals surface area contributed by atoms with Crippen molar-refractivity contribution in [1.29, 1.82) is 0 Å². The molecule has 4 heterocycles. The van der Waals surface area contributed by atoms with Crippen molar-refractivity contribution >= 4 is 40.7 Å². The number of rotatable bonds is 5. The molecule has 2 saturated heterocycles. The number of benzene rings is 2. The molecule has 40 heavy (non-hydrogen) atoms. The van der Waals surface area contributed by atoms with E-state index in [2.05, 4.69) is 0 Å². The Morgan fingerprint density at radius 1 is 0.925 bits per heavy atom. The number of para-hydroxylation sites is 2. The molecule has 1 unspecified atom stereocenters. The van der Waals surface area contributed by atoms with Gasteiger partial charge in [-0.3, -0.25) is 14.4 Å². The third-order valence-corrected chi connectivity index (χ3v) is 8.95. The quantitative estimate of drug-likeness (QED) is 0.564. The number of carbonyl (C=O) groups excluding carboxylic acids is 3. The lowest BCUT2D eigenvalue weighted by molar-refractivity contribution is -0.144. The number of amides is 3. The van der Waals surface area contributed by atoms with Gasteiger partial charge in [-0.05, 0) is 44.0 Å². The lowest BCUT2D eigenvalue weighted by Gasteiger charge is -2.37.